The highest BCUT2D eigenvalue weighted by atomic mass is 16.3. The second-order valence-electron chi connectivity index (χ2n) is 3.99. The molecule has 0 bridgehead atoms. The average molecular weight is 140 g/mol. The van der Waals surface area contributed by atoms with Crippen LogP contribution in [-0.2, 0) is 0 Å². The van der Waals surface area contributed by atoms with Crippen LogP contribution in [0.1, 0.15) is 27.7 Å². The van der Waals surface area contributed by atoms with Crippen LogP contribution in [0.2, 0.25) is 0 Å². The lowest BCUT2D eigenvalue weighted by Gasteiger charge is -1.94. The van der Waals surface area contributed by atoms with E-state index in [1.807, 2.05) is 0 Å². The Morgan fingerprint density at radius 3 is 2.00 bits per heavy atom. The molecule has 1 nitrogen and oxygen atoms in total. The van der Waals surface area contributed by atoms with Crippen molar-refractivity contribution in [1.29, 1.82) is 0 Å². The molecule has 0 aromatic heterocycles. The molecule has 0 aromatic rings. The molecule has 1 N–H and O–H groups in total. The fourth-order valence-electron chi connectivity index (χ4n) is 1.22. The van der Waals surface area contributed by atoms with Crippen LogP contribution >= 0.6 is 0 Å². The van der Waals surface area contributed by atoms with Gasteiger partial charge in [0.15, 0.2) is 0 Å². The third-order valence-electron chi connectivity index (χ3n) is 2.15. The summed E-state index contributed by atoms with van der Waals surface area (Å²) in [5, 5.41) is 9.33. The van der Waals surface area contributed by atoms with Gasteiger partial charge in [-0.1, -0.05) is 33.8 Å². The highest BCUT2D eigenvalue weighted by molar-refractivity contribution is 5.37. The van der Waals surface area contributed by atoms with Gasteiger partial charge < -0.3 is 5.11 Å². The Bertz CT molecular complexity index is 166. The summed E-state index contributed by atoms with van der Waals surface area (Å²) in [7, 11) is 0. The molecular weight excluding hydrogens is 124 g/mol. The fourth-order valence-corrected chi connectivity index (χ4v) is 1.22. The molecule has 1 atom stereocenters. The van der Waals surface area contributed by atoms with Crippen LogP contribution in [0.3, 0.4) is 0 Å². The highest BCUT2D eigenvalue weighted by Crippen LogP contribution is 2.51. The molecule has 0 saturated heterocycles. The molecule has 1 fully saturated rings. The van der Waals surface area contributed by atoms with Crippen LogP contribution in [0.5, 0.6) is 0 Å². The minimum Gasteiger partial charge on any atom is -0.388 e. The van der Waals surface area contributed by atoms with Crippen LogP contribution in [0.4, 0.5) is 0 Å². The van der Waals surface area contributed by atoms with Crippen molar-refractivity contribution in [3.63, 3.8) is 0 Å². The summed E-state index contributed by atoms with van der Waals surface area (Å²) in [4.78, 5) is 0. The zero-order chi connectivity index (χ0) is 7.94. The Labute approximate surface area is 62.8 Å². The Morgan fingerprint density at radius 2 is 1.90 bits per heavy atom. The Kier molecular flexibility index (Phi) is 1.63. The number of hydrogen-bond donors (Lipinski definition) is 1. The quantitative estimate of drug-likeness (QED) is 0.552. The molecule has 0 amide bonds. The molecule has 1 aliphatic rings. The molecule has 1 saturated carbocycles. The van der Waals surface area contributed by atoms with E-state index in [-0.39, 0.29) is 11.5 Å². The van der Waals surface area contributed by atoms with Crippen LogP contribution in [-0.4, -0.2) is 11.2 Å². The summed E-state index contributed by atoms with van der Waals surface area (Å²) in [6, 6.07) is 0. The smallest absolute Gasteiger partial charge is 0.0845 e. The topological polar surface area (TPSA) is 20.2 Å². The molecule has 1 rings (SSSR count). The summed E-state index contributed by atoms with van der Waals surface area (Å²) < 4.78 is 0. The van der Waals surface area contributed by atoms with Gasteiger partial charge >= 0.3 is 0 Å². The maximum Gasteiger partial charge on any atom is 0.0845 e. The van der Waals surface area contributed by atoms with Gasteiger partial charge in [0.1, 0.15) is 0 Å². The van der Waals surface area contributed by atoms with Gasteiger partial charge in [-0.15, -0.1) is 0 Å². The molecule has 0 spiro atoms. The molecule has 1 heteroatoms. The zero-order valence-electron chi connectivity index (χ0n) is 7.18. The first kappa shape index (κ1) is 7.80. The molecular formula is C9H16O. The maximum absolute atomic E-state index is 9.33. The van der Waals surface area contributed by atoms with E-state index in [1.54, 1.807) is 0 Å². The fraction of sp³-hybridized carbons (Fsp3) is 0.778. The zero-order valence-corrected chi connectivity index (χ0v) is 7.18. The number of allylic oxidation sites excluding steroid dienone is 1. The molecule has 0 aromatic carbocycles. The Morgan fingerprint density at radius 1 is 1.50 bits per heavy atom. The summed E-state index contributed by atoms with van der Waals surface area (Å²) in [5.74, 6) is 0.562. The lowest BCUT2D eigenvalue weighted by molar-refractivity contribution is 0.238. The standard InChI is InChI=1S/C9H16O/c1-6(2)5-7-8(10)9(7,3)4/h5-6,8,10H,1-4H3/b7-5+. The SMILES string of the molecule is CC(C)/C=C1\C(O)C1(C)C. The number of aliphatic hydroxyl groups excluding tert-OH is 1. The third-order valence-corrected chi connectivity index (χ3v) is 2.15. The highest BCUT2D eigenvalue weighted by Gasteiger charge is 2.50. The first-order valence-electron chi connectivity index (χ1n) is 3.86. The lowest BCUT2D eigenvalue weighted by atomic mass is 10.1. The van der Waals surface area contributed by atoms with Crippen molar-refractivity contribution in [1.82, 2.24) is 0 Å². The predicted molar refractivity (Wildman–Crippen MR) is 42.7 cm³/mol. The Balaban J connectivity index is 2.64. The van der Waals surface area contributed by atoms with E-state index in [2.05, 4.69) is 33.8 Å². The van der Waals surface area contributed by atoms with E-state index >= 15 is 0 Å². The largest absolute Gasteiger partial charge is 0.388 e. The van der Waals surface area contributed by atoms with Crippen LogP contribution in [0.25, 0.3) is 0 Å². The van der Waals surface area contributed by atoms with Crippen molar-refractivity contribution in [2.45, 2.75) is 33.8 Å². The van der Waals surface area contributed by atoms with Gasteiger partial charge in [-0.25, -0.2) is 0 Å². The van der Waals surface area contributed by atoms with Gasteiger partial charge in [0.05, 0.1) is 6.10 Å². The minimum absolute atomic E-state index is 0.0737. The van der Waals surface area contributed by atoms with Gasteiger partial charge in [0.25, 0.3) is 0 Å². The van der Waals surface area contributed by atoms with E-state index in [1.165, 1.54) is 5.57 Å². The van der Waals surface area contributed by atoms with Crippen molar-refractivity contribution in [3.8, 4) is 0 Å². The van der Waals surface area contributed by atoms with E-state index < -0.39 is 0 Å². The summed E-state index contributed by atoms with van der Waals surface area (Å²) in [6.07, 6.45) is 1.99. The van der Waals surface area contributed by atoms with Gasteiger partial charge in [-0.05, 0) is 11.5 Å². The molecule has 0 aliphatic heterocycles. The average Bonchev–Trinajstić information content (AvgIpc) is 2.17. The Hall–Kier alpha value is -0.300. The summed E-state index contributed by atoms with van der Waals surface area (Å²) in [6.45, 7) is 8.42. The van der Waals surface area contributed by atoms with E-state index in [9.17, 15) is 5.11 Å². The van der Waals surface area contributed by atoms with Gasteiger partial charge in [-0.3, -0.25) is 0 Å². The van der Waals surface area contributed by atoms with Gasteiger partial charge in [-0.2, -0.15) is 0 Å². The van der Waals surface area contributed by atoms with Crippen LogP contribution in [0, 0.1) is 11.3 Å². The minimum atomic E-state index is -0.171. The normalized spacial score (nSPS) is 33.4. The van der Waals surface area contributed by atoms with Crippen LogP contribution < -0.4 is 0 Å². The third kappa shape index (κ3) is 1.10. The summed E-state index contributed by atoms with van der Waals surface area (Å²) in [5.41, 5.74) is 1.28. The molecule has 1 aliphatic carbocycles. The summed E-state index contributed by atoms with van der Waals surface area (Å²) >= 11 is 0. The van der Waals surface area contributed by atoms with Crippen molar-refractivity contribution in [2.75, 3.05) is 0 Å². The van der Waals surface area contributed by atoms with E-state index in [0.29, 0.717) is 5.92 Å². The number of aliphatic hydroxyl groups is 1. The van der Waals surface area contributed by atoms with E-state index in [0.717, 1.165) is 0 Å². The molecule has 0 heterocycles. The van der Waals surface area contributed by atoms with Crippen molar-refractivity contribution in [2.24, 2.45) is 11.3 Å². The number of hydrogen-bond acceptors (Lipinski definition) is 1. The second-order valence-corrected chi connectivity index (χ2v) is 3.99. The number of rotatable bonds is 1. The van der Waals surface area contributed by atoms with Crippen molar-refractivity contribution in [3.05, 3.63) is 11.6 Å². The molecule has 58 valence electrons. The monoisotopic (exact) mass is 140 g/mol. The van der Waals surface area contributed by atoms with Gasteiger partial charge in [0, 0.05) is 5.41 Å². The van der Waals surface area contributed by atoms with Crippen molar-refractivity contribution < 1.29 is 5.11 Å². The maximum atomic E-state index is 9.33. The molecule has 10 heavy (non-hydrogen) atoms. The van der Waals surface area contributed by atoms with E-state index in [4.69, 9.17) is 0 Å². The van der Waals surface area contributed by atoms with Crippen LogP contribution in [0.15, 0.2) is 11.6 Å². The second kappa shape index (κ2) is 2.09. The van der Waals surface area contributed by atoms with Gasteiger partial charge in [0.2, 0.25) is 0 Å². The van der Waals surface area contributed by atoms with Crippen molar-refractivity contribution >= 4 is 0 Å². The predicted octanol–water partition coefficient (Wildman–Crippen LogP) is 1.97. The molecule has 1 unspecified atom stereocenters. The first-order valence-corrected chi connectivity index (χ1v) is 3.86. The molecule has 0 radical (unpaired) electrons. The lowest BCUT2D eigenvalue weighted by Crippen LogP contribution is -1.91. The first-order chi connectivity index (χ1) is 4.46.